The van der Waals surface area contributed by atoms with Gasteiger partial charge in [0.2, 0.25) is 0 Å². The second-order valence-electron chi connectivity index (χ2n) is 6.14. The first-order valence-corrected chi connectivity index (χ1v) is 8.18. The summed E-state index contributed by atoms with van der Waals surface area (Å²) in [5, 5.41) is 4.51. The average molecular weight is 303 g/mol. The second-order valence-corrected chi connectivity index (χ2v) is 6.63. The highest BCUT2D eigenvalue weighted by molar-refractivity contribution is 6.29. The fraction of sp³-hybridized carbons (Fsp3) is 0.500. The number of fused-ring (bicyclic) bond motifs is 1. The first-order chi connectivity index (χ1) is 10.0. The fourth-order valence-electron chi connectivity index (χ4n) is 3.72. The first kappa shape index (κ1) is 14.6. The summed E-state index contributed by atoms with van der Waals surface area (Å²) >= 11 is 6.14. The third-order valence-corrected chi connectivity index (χ3v) is 5.26. The van der Waals surface area contributed by atoms with E-state index in [0.717, 1.165) is 24.3 Å². The number of dihydropyridines is 1. The van der Waals surface area contributed by atoms with Gasteiger partial charge in [0.05, 0.1) is 0 Å². The van der Waals surface area contributed by atoms with Crippen molar-refractivity contribution >= 4 is 17.3 Å². The van der Waals surface area contributed by atoms with Gasteiger partial charge in [-0.1, -0.05) is 24.6 Å². The molecule has 21 heavy (non-hydrogen) atoms. The normalized spacial score (nSPS) is 28.9. The van der Waals surface area contributed by atoms with Gasteiger partial charge in [0.15, 0.2) is 0 Å². The standard InChI is InChI=1S/C18H23ClN2/c1-5-15-12(4)21-18-16(10(2)11(3)20-18)17(15)13-6-8-14(19)9-7-13/h6,8,16,18,20H,5,7,9H2,1-4H3. The first-order valence-electron chi connectivity index (χ1n) is 7.80. The molecule has 2 atom stereocenters. The summed E-state index contributed by atoms with van der Waals surface area (Å²) in [6, 6.07) is 0. The number of nitrogens with zero attached hydrogens (tertiary/aromatic N) is 1. The second kappa shape index (κ2) is 5.49. The lowest BCUT2D eigenvalue weighted by atomic mass is 9.77. The van der Waals surface area contributed by atoms with Gasteiger partial charge >= 0.3 is 0 Å². The molecule has 2 aliphatic heterocycles. The Morgan fingerprint density at radius 3 is 2.62 bits per heavy atom. The van der Waals surface area contributed by atoms with Gasteiger partial charge in [-0.05, 0) is 68.4 Å². The van der Waals surface area contributed by atoms with Crippen LogP contribution in [-0.4, -0.2) is 11.9 Å². The van der Waals surface area contributed by atoms with E-state index < -0.39 is 0 Å². The van der Waals surface area contributed by atoms with Gasteiger partial charge in [0.25, 0.3) is 0 Å². The third-order valence-electron chi connectivity index (χ3n) is 4.94. The quantitative estimate of drug-likeness (QED) is 0.774. The van der Waals surface area contributed by atoms with Crippen molar-refractivity contribution in [3.63, 3.8) is 0 Å². The predicted octanol–water partition coefficient (Wildman–Crippen LogP) is 4.85. The van der Waals surface area contributed by atoms with Crippen LogP contribution >= 0.6 is 11.6 Å². The van der Waals surface area contributed by atoms with E-state index >= 15 is 0 Å². The Kier molecular flexibility index (Phi) is 3.83. The van der Waals surface area contributed by atoms with E-state index in [-0.39, 0.29) is 6.17 Å². The lowest BCUT2D eigenvalue weighted by molar-refractivity contribution is 0.523. The lowest BCUT2D eigenvalue weighted by Gasteiger charge is -2.32. The minimum absolute atomic E-state index is 0.178. The Morgan fingerprint density at radius 2 is 2.00 bits per heavy atom. The number of allylic oxidation sites excluding steroid dienone is 6. The topological polar surface area (TPSA) is 24.4 Å². The number of rotatable bonds is 2. The summed E-state index contributed by atoms with van der Waals surface area (Å²) in [4.78, 5) is 4.89. The molecule has 0 radical (unpaired) electrons. The summed E-state index contributed by atoms with van der Waals surface area (Å²) in [7, 11) is 0. The maximum absolute atomic E-state index is 6.14. The zero-order chi connectivity index (χ0) is 15.1. The molecule has 0 bridgehead atoms. The monoisotopic (exact) mass is 302 g/mol. The Balaban J connectivity index is 2.13. The molecule has 3 aliphatic rings. The Morgan fingerprint density at radius 1 is 1.24 bits per heavy atom. The molecule has 0 saturated carbocycles. The van der Waals surface area contributed by atoms with Gasteiger partial charge < -0.3 is 5.32 Å². The van der Waals surface area contributed by atoms with Crippen LogP contribution in [0.5, 0.6) is 0 Å². The molecule has 3 rings (SSSR count). The molecular formula is C18H23ClN2. The van der Waals surface area contributed by atoms with Crippen LogP contribution in [0.25, 0.3) is 0 Å². The van der Waals surface area contributed by atoms with Gasteiger partial charge in [-0.15, -0.1) is 0 Å². The summed E-state index contributed by atoms with van der Waals surface area (Å²) in [6.07, 6.45) is 7.48. The predicted molar refractivity (Wildman–Crippen MR) is 90.5 cm³/mol. The molecule has 0 aromatic carbocycles. The molecule has 3 heteroatoms. The maximum atomic E-state index is 6.14. The molecule has 0 aromatic heterocycles. The molecule has 0 spiro atoms. The number of nitrogens with one attached hydrogen (secondary N) is 1. The van der Waals surface area contributed by atoms with Gasteiger partial charge in [0, 0.05) is 22.4 Å². The highest BCUT2D eigenvalue weighted by Gasteiger charge is 2.38. The maximum Gasteiger partial charge on any atom is 0.129 e. The van der Waals surface area contributed by atoms with E-state index in [1.807, 2.05) is 0 Å². The van der Waals surface area contributed by atoms with Crippen LogP contribution in [0.3, 0.4) is 0 Å². The van der Waals surface area contributed by atoms with E-state index in [4.69, 9.17) is 16.6 Å². The fourth-order valence-corrected chi connectivity index (χ4v) is 3.87. The molecule has 2 heterocycles. The van der Waals surface area contributed by atoms with Gasteiger partial charge in [-0.2, -0.15) is 0 Å². The van der Waals surface area contributed by atoms with Crippen molar-refractivity contribution in [2.24, 2.45) is 10.9 Å². The average Bonchev–Trinajstić information content (AvgIpc) is 2.73. The van der Waals surface area contributed by atoms with Crippen LogP contribution in [-0.2, 0) is 0 Å². The van der Waals surface area contributed by atoms with E-state index in [0.29, 0.717) is 5.92 Å². The third kappa shape index (κ3) is 2.40. The molecule has 0 aromatic rings. The smallest absolute Gasteiger partial charge is 0.129 e. The zero-order valence-corrected chi connectivity index (χ0v) is 14.0. The molecule has 0 fully saturated rings. The summed E-state index contributed by atoms with van der Waals surface area (Å²) in [5.41, 5.74) is 8.25. The molecule has 2 unspecified atom stereocenters. The summed E-state index contributed by atoms with van der Waals surface area (Å²) in [6.45, 7) is 8.78. The SMILES string of the molecule is CCC1=C(C2=CC=C(Cl)CC2)C2C(C)=C(C)NC2N=C1C. The van der Waals surface area contributed by atoms with E-state index in [2.05, 4.69) is 45.2 Å². The number of hydrogen-bond acceptors (Lipinski definition) is 2. The largest absolute Gasteiger partial charge is 0.367 e. The number of halogens is 1. The Labute approximate surface area is 132 Å². The van der Waals surface area contributed by atoms with Crippen LogP contribution in [0.1, 0.15) is 47.0 Å². The van der Waals surface area contributed by atoms with Crippen molar-refractivity contribution in [1.29, 1.82) is 0 Å². The van der Waals surface area contributed by atoms with Crippen molar-refractivity contribution in [2.75, 3.05) is 0 Å². The molecule has 2 nitrogen and oxygen atoms in total. The van der Waals surface area contributed by atoms with Crippen LogP contribution in [0.4, 0.5) is 0 Å². The minimum Gasteiger partial charge on any atom is -0.367 e. The number of aliphatic imine (C=N–C) groups is 1. The minimum atomic E-state index is 0.178. The van der Waals surface area contributed by atoms with E-state index in [1.54, 1.807) is 0 Å². The molecule has 112 valence electrons. The molecule has 0 saturated heterocycles. The lowest BCUT2D eigenvalue weighted by Crippen LogP contribution is -2.34. The molecule has 1 N–H and O–H groups in total. The van der Waals surface area contributed by atoms with Crippen molar-refractivity contribution in [2.45, 2.75) is 53.1 Å². The van der Waals surface area contributed by atoms with Crippen molar-refractivity contribution < 1.29 is 0 Å². The number of hydrogen-bond donors (Lipinski definition) is 1. The highest BCUT2D eigenvalue weighted by Crippen LogP contribution is 2.43. The van der Waals surface area contributed by atoms with Crippen molar-refractivity contribution in [3.05, 3.63) is 45.2 Å². The summed E-state index contributed by atoms with van der Waals surface area (Å²) in [5.74, 6) is 0.389. The van der Waals surface area contributed by atoms with Crippen molar-refractivity contribution in [1.82, 2.24) is 5.32 Å². The van der Waals surface area contributed by atoms with Gasteiger partial charge in [-0.25, -0.2) is 0 Å². The van der Waals surface area contributed by atoms with E-state index in [9.17, 15) is 0 Å². The highest BCUT2D eigenvalue weighted by atomic mass is 35.5. The summed E-state index contributed by atoms with van der Waals surface area (Å²) < 4.78 is 0. The van der Waals surface area contributed by atoms with Crippen LogP contribution in [0, 0.1) is 5.92 Å². The van der Waals surface area contributed by atoms with Gasteiger partial charge in [0.1, 0.15) is 6.17 Å². The van der Waals surface area contributed by atoms with Crippen LogP contribution in [0.15, 0.2) is 50.2 Å². The van der Waals surface area contributed by atoms with Crippen LogP contribution in [0.2, 0.25) is 0 Å². The molecule has 0 amide bonds. The van der Waals surface area contributed by atoms with Gasteiger partial charge in [-0.3, -0.25) is 4.99 Å². The Bertz CT molecular complexity index is 632. The van der Waals surface area contributed by atoms with Crippen LogP contribution < -0.4 is 5.32 Å². The molecule has 1 aliphatic carbocycles. The molecular weight excluding hydrogens is 280 g/mol. The Hall–Kier alpha value is -1.28. The van der Waals surface area contributed by atoms with E-state index in [1.165, 1.54) is 33.7 Å². The van der Waals surface area contributed by atoms with Crippen molar-refractivity contribution in [3.8, 4) is 0 Å². The zero-order valence-electron chi connectivity index (χ0n) is 13.3.